The molecule has 0 radical (unpaired) electrons. The van der Waals surface area contributed by atoms with Gasteiger partial charge in [-0.25, -0.2) is 4.98 Å². The van der Waals surface area contributed by atoms with Crippen molar-refractivity contribution in [2.75, 3.05) is 6.54 Å². The number of aromatic amines is 1. The maximum absolute atomic E-state index is 13.0. The number of fused-ring (bicyclic) bond motifs is 1. The zero-order valence-electron chi connectivity index (χ0n) is 17.2. The number of hydrogen-bond acceptors (Lipinski definition) is 3. The summed E-state index contributed by atoms with van der Waals surface area (Å²) in [5, 5.41) is 6.84. The molecule has 0 aliphatic carbocycles. The largest absolute Gasteiger partial charge is 0.346 e. The molecular weight excluding hydrogens is 374 g/mol. The molecule has 1 aliphatic heterocycles. The Kier molecular flexibility index (Phi) is 4.62. The summed E-state index contributed by atoms with van der Waals surface area (Å²) in [5.74, 6) is 0.562. The quantitative estimate of drug-likeness (QED) is 0.557. The van der Waals surface area contributed by atoms with Gasteiger partial charge in [0.05, 0.1) is 22.9 Å². The molecule has 1 saturated heterocycles. The second-order valence-electron chi connectivity index (χ2n) is 8.33. The molecule has 1 aromatic carbocycles. The summed E-state index contributed by atoms with van der Waals surface area (Å²) in [5.41, 5.74) is 5.95. The predicted molar refractivity (Wildman–Crippen MR) is 117 cm³/mol. The third kappa shape index (κ3) is 3.38. The first-order valence-electron chi connectivity index (χ1n) is 10.4. The lowest BCUT2D eigenvalue weighted by atomic mass is 10.1. The van der Waals surface area contributed by atoms with Crippen LogP contribution in [0, 0.1) is 12.8 Å². The Labute approximate surface area is 175 Å². The Morgan fingerprint density at radius 2 is 2.00 bits per heavy atom. The average molecular weight is 399 g/mol. The minimum absolute atomic E-state index is 0.133. The van der Waals surface area contributed by atoms with Crippen LogP contribution in [0.1, 0.15) is 29.3 Å². The standard InChI is InChI=1S/C24H25N5O/c1-16-3-5-19(6-4-16)24(30)29-15-18(11-17(29)2)14-28-10-9-22-23(28)8-7-21(27-22)20-12-25-26-13-20/h3-10,12-13,17-18H,11,14-15H2,1-2H3,(H,25,26)/t17-,18-/m0/s1. The fourth-order valence-corrected chi connectivity index (χ4v) is 4.48. The van der Waals surface area contributed by atoms with Crippen molar-refractivity contribution in [2.24, 2.45) is 5.92 Å². The van der Waals surface area contributed by atoms with Crippen molar-refractivity contribution < 1.29 is 4.79 Å². The Bertz CT molecular complexity index is 1180. The maximum atomic E-state index is 13.0. The topological polar surface area (TPSA) is 66.8 Å². The number of nitrogens with zero attached hydrogens (tertiary/aromatic N) is 4. The summed E-state index contributed by atoms with van der Waals surface area (Å²) < 4.78 is 2.26. The van der Waals surface area contributed by atoms with Gasteiger partial charge in [-0.05, 0) is 56.5 Å². The van der Waals surface area contributed by atoms with E-state index in [1.165, 1.54) is 5.56 Å². The van der Waals surface area contributed by atoms with Crippen molar-refractivity contribution in [2.45, 2.75) is 32.9 Å². The molecule has 1 N–H and O–H groups in total. The van der Waals surface area contributed by atoms with Crippen molar-refractivity contribution in [3.8, 4) is 11.3 Å². The van der Waals surface area contributed by atoms with Crippen LogP contribution in [-0.2, 0) is 6.54 Å². The molecular formula is C24H25N5O. The van der Waals surface area contributed by atoms with Gasteiger partial charge in [0.2, 0.25) is 0 Å². The summed E-state index contributed by atoms with van der Waals surface area (Å²) in [6.45, 7) is 5.86. The molecule has 5 rings (SSSR count). The van der Waals surface area contributed by atoms with Crippen LogP contribution in [0.2, 0.25) is 0 Å². The summed E-state index contributed by atoms with van der Waals surface area (Å²) in [6.07, 6.45) is 6.75. The van der Waals surface area contributed by atoms with E-state index in [2.05, 4.69) is 40.0 Å². The minimum Gasteiger partial charge on any atom is -0.346 e. The van der Waals surface area contributed by atoms with Gasteiger partial charge in [0.15, 0.2) is 0 Å². The van der Waals surface area contributed by atoms with Gasteiger partial charge in [-0.2, -0.15) is 5.10 Å². The average Bonchev–Trinajstić information content (AvgIpc) is 3.49. The molecule has 6 heteroatoms. The molecule has 4 heterocycles. The number of hydrogen-bond donors (Lipinski definition) is 1. The first kappa shape index (κ1) is 18.6. The van der Waals surface area contributed by atoms with Crippen LogP contribution in [0.4, 0.5) is 0 Å². The van der Waals surface area contributed by atoms with Crippen LogP contribution >= 0.6 is 0 Å². The van der Waals surface area contributed by atoms with E-state index < -0.39 is 0 Å². The number of amides is 1. The molecule has 0 saturated carbocycles. The van der Waals surface area contributed by atoms with Gasteiger partial charge < -0.3 is 9.47 Å². The van der Waals surface area contributed by atoms with Crippen LogP contribution in [0.15, 0.2) is 61.1 Å². The third-order valence-electron chi connectivity index (χ3n) is 6.09. The lowest BCUT2D eigenvalue weighted by molar-refractivity contribution is 0.0742. The molecule has 30 heavy (non-hydrogen) atoms. The summed E-state index contributed by atoms with van der Waals surface area (Å²) in [6, 6.07) is 14.3. The monoisotopic (exact) mass is 399 g/mol. The zero-order chi connectivity index (χ0) is 20.7. The molecule has 0 bridgehead atoms. The highest BCUT2D eigenvalue weighted by molar-refractivity contribution is 5.94. The second kappa shape index (κ2) is 7.44. The van der Waals surface area contributed by atoms with Crippen LogP contribution in [-0.4, -0.2) is 43.1 Å². The summed E-state index contributed by atoms with van der Waals surface area (Å²) >= 11 is 0. The highest BCUT2D eigenvalue weighted by Crippen LogP contribution is 2.28. The smallest absolute Gasteiger partial charge is 0.254 e. The van der Waals surface area contributed by atoms with E-state index >= 15 is 0 Å². The summed E-state index contributed by atoms with van der Waals surface area (Å²) in [4.78, 5) is 19.8. The number of aromatic nitrogens is 4. The number of pyridine rings is 1. The number of carbonyl (C=O) groups is 1. The Morgan fingerprint density at radius 1 is 1.17 bits per heavy atom. The van der Waals surface area contributed by atoms with E-state index in [0.717, 1.165) is 47.4 Å². The van der Waals surface area contributed by atoms with Crippen LogP contribution in [0.25, 0.3) is 22.3 Å². The third-order valence-corrected chi connectivity index (χ3v) is 6.09. The molecule has 6 nitrogen and oxygen atoms in total. The van der Waals surface area contributed by atoms with Gasteiger partial charge in [0, 0.05) is 42.7 Å². The van der Waals surface area contributed by atoms with E-state index in [4.69, 9.17) is 4.98 Å². The van der Waals surface area contributed by atoms with Crippen molar-refractivity contribution in [1.82, 2.24) is 24.6 Å². The van der Waals surface area contributed by atoms with E-state index in [9.17, 15) is 4.79 Å². The number of aryl methyl sites for hydroxylation is 1. The zero-order valence-corrected chi connectivity index (χ0v) is 17.2. The fourth-order valence-electron chi connectivity index (χ4n) is 4.48. The molecule has 4 aromatic rings. The van der Waals surface area contributed by atoms with Crippen LogP contribution in [0.3, 0.4) is 0 Å². The number of benzene rings is 1. The molecule has 1 fully saturated rings. The summed E-state index contributed by atoms with van der Waals surface area (Å²) in [7, 11) is 0. The molecule has 152 valence electrons. The van der Waals surface area contributed by atoms with E-state index in [-0.39, 0.29) is 11.9 Å². The number of nitrogens with one attached hydrogen (secondary N) is 1. The molecule has 1 aliphatic rings. The predicted octanol–water partition coefficient (Wildman–Crippen LogP) is 4.29. The number of H-pyrrole nitrogens is 1. The lowest BCUT2D eigenvalue weighted by Gasteiger charge is -2.21. The Morgan fingerprint density at radius 3 is 2.77 bits per heavy atom. The maximum Gasteiger partial charge on any atom is 0.254 e. The van der Waals surface area contributed by atoms with Crippen molar-refractivity contribution in [3.63, 3.8) is 0 Å². The first-order chi connectivity index (χ1) is 14.6. The fraction of sp³-hybridized carbons (Fsp3) is 0.292. The molecule has 2 atom stereocenters. The number of likely N-dealkylation sites (tertiary alicyclic amines) is 1. The minimum atomic E-state index is 0.133. The number of rotatable bonds is 4. The van der Waals surface area contributed by atoms with Gasteiger partial charge in [0.25, 0.3) is 5.91 Å². The number of carbonyl (C=O) groups excluding carboxylic acids is 1. The van der Waals surface area contributed by atoms with Gasteiger partial charge in [-0.15, -0.1) is 0 Å². The van der Waals surface area contributed by atoms with Crippen molar-refractivity contribution in [1.29, 1.82) is 0 Å². The van der Waals surface area contributed by atoms with Crippen LogP contribution < -0.4 is 0 Å². The van der Waals surface area contributed by atoms with E-state index in [1.807, 2.05) is 48.4 Å². The van der Waals surface area contributed by atoms with Gasteiger partial charge >= 0.3 is 0 Å². The molecule has 1 amide bonds. The van der Waals surface area contributed by atoms with Gasteiger partial charge in [-0.3, -0.25) is 9.89 Å². The van der Waals surface area contributed by atoms with Crippen molar-refractivity contribution >= 4 is 16.9 Å². The molecule has 3 aromatic heterocycles. The lowest BCUT2D eigenvalue weighted by Crippen LogP contribution is -2.34. The van der Waals surface area contributed by atoms with Gasteiger partial charge in [-0.1, -0.05) is 17.7 Å². The normalized spacial score (nSPS) is 18.9. The second-order valence-corrected chi connectivity index (χ2v) is 8.33. The Balaban J connectivity index is 1.32. The van der Waals surface area contributed by atoms with E-state index in [1.54, 1.807) is 6.20 Å². The van der Waals surface area contributed by atoms with Gasteiger partial charge in [0.1, 0.15) is 0 Å². The van der Waals surface area contributed by atoms with E-state index in [0.29, 0.717) is 5.92 Å². The first-order valence-corrected chi connectivity index (χ1v) is 10.4. The Hall–Kier alpha value is -3.41. The highest BCUT2D eigenvalue weighted by atomic mass is 16.2. The van der Waals surface area contributed by atoms with Crippen LogP contribution in [0.5, 0.6) is 0 Å². The van der Waals surface area contributed by atoms with Crippen molar-refractivity contribution in [3.05, 3.63) is 72.2 Å². The SMILES string of the molecule is Cc1ccc(C(=O)N2C[C@H](Cn3ccc4nc(-c5cn[nH]c5)ccc43)C[C@@H]2C)cc1. The molecule has 0 spiro atoms. The molecule has 0 unspecified atom stereocenters. The highest BCUT2D eigenvalue weighted by Gasteiger charge is 2.33.